The molecule has 0 radical (unpaired) electrons. The van der Waals surface area contributed by atoms with Crippen LogP contribution in [0.4, 0.5) is 4.39 Å². The van der Waals surface area contributed by atoms with Gasteiger partial charge in [0.2, 0.25) is 0 Å². The topological polar surface area (TPSA) is 52.5 Å². The molecule has 5 heteroatoms. The van der Waals surface area contributed by atoms with Gasteiger partial charge < -0.3 is 4.57 Å². The zero-order valence-electron chi connectivity index (χ0n) is 16.1. The quantitative estimate of drug-likeness (QED) is 0.288. The number of thiophene rings is 1. The molecule has 31 heavy (non-hydrogen) atoms. The first-order valence-electron chi connectivity index (χ1n) is 9.69. The van der Waals surface area contributed by atoms with Crippen LogP contribution in [0.5, 0.6) is 0 Å². The van der Waals surface area contributed by atoms with Crippen molar-refractivity contribution in [1.82, 2.24) is 4.57 Å². The van der Waals surface area contributed by atoms with Gasteiger partial charge in [-0.25, -0.2) is 4.39 Å². The molecule has 0 aliphatic heterocycles. The number of hydrogen-bond acceptors (Lipinski definition) is 3. The van der Waals surface area contributed by atoms with Crippen LogP contribution < -0.4 is 0 Å². The molecule has 4 aromatic carbocycles. The molecule has 0 amide bonds. The molecule has 144 valence electrons. The van der Waals surface area contributed by atoms with Crippen LogP contribution in [0, 0.1) is 28.5 Å². The zero-order valence-corrected chi connectivity index (χ0v) is 16.9. The van der Waals surface area contributed by atoms with Crippen LogP contribution in [0.2, 0.25) is 0 Å². The fraction of sp³-hybridized carbons (Fsp3) is 0. The SMILES string of the molecule is N#Cc1ccc(-n2c3ccccc3c3cc4c(cc32)sc2ccccc24)c(C#N)c1F. The smallest absolute Gasteiger partial charge is 0.160 e. The molecule has 6 rings (SSSR count). The monoisotopic (exact) mass is 417 g/mol. The maximum atomic E-state index is 14.9. The molecule has 0 aliphatic carbocycles. The maximum absolute atomic E-state index is 14.9. The fourth-order valence-electron chi connectivity index (χ4n) is 4.39. The second-order valence-corrected chi connectivity index (χ2v) is 8.44. The molecule has 6 aromatic rings. The number of halogens is 1. The van der Waals surface area contributed by atoms with Gasteiger partial charge in [0.05, 0.1) is 22.3 Å². The lowest BCUT2D eigenvalue weighted by molar-refractivity contribution is 0.619. The van der Waals surface area contributed by atoms with Gasteiger partial charge in [0, 0.05) is 30.9 Å². The molecule has 0 spiro atoms. The lowest BCUT2D eigenvalue weighted by Gasteiger charge is -2.11. The van der Waals surface area contributed by atoms with E-state index in [9.17, 15) is 14.9 Å². The number of benzene rings is 4. The average molecular weight is 417 g/mol. The Morgan fingerprint density at radius 1 is 0.710 bits per heavy atom. The highest BCUT2D eigenvalue weighted by molar-refractivity contribution is 7.25. The Labute approximate surface area is 180 Å². The Bertz CT molecular complexity index is 1780. The van der Waals surface area contributed by atoms with Gasteiger partial charge in [0.25, 0.3) is 0 Å². The molecule has 0 bridgehead atoms. The molecular weight excluding hydrogens is 405 g/mol. The minimum atomic E-state index is -0.781. The van der Waals surface area contributed by atoms with Gasteiger partial charge >= 0.3 is 0 Å². The Balaban J connectivity index is 1.82. The van der Waals surface area contributed by atoms with E-state index in [-0.39, 0.29) is 11.1 Å². The molecule has 0 fully saturated rings. The van der Waals surface area contributed by atoms with Crippen molar-refractivity contribution in [3.05, 3.63) is 89.7 Å². The molecule has 0 aliphatic rings. The van der Waals surface area contributed by atoms with Gasteiger partial charge in [-0.15, -0.1) is 11.3 Å². The molecule has 2 heterocycles. The van der Waals surface area contributed by atoms with E-state index in [4.69, 9.17) is 0 Å². The van der Waals surface area contributed by atoms with E-state index in [2.05, 4.69) is 24.3 Å². The van der Waals surface area contributed by atoms with Crippen molar-refractivity contribution in [1.29, 1.82) is 10.5 Å². The maximum Gasteiger partial charge on any atom is 0.160 e. The first-order chi connectivity index (χ1) is 15.2. The van der Waals surface area contributed by atoms with E-state index in [0.29, 0.717) is 5.69 Å². The lowest BCUT2D eigenvalue weighted by Crippen LogP contribution is -2.01. The van der Waals surface area contributed by atoms with Crippen LogP contribution in [-0.2, 0) is 0 Å². The molecule has 3 nitrogen and oxygen atoms in total. The third-order valence-electron chi connectivity index (χ3n) is 5.76. The predicted octanol–water partition coefficient (Wildman–Crippen LogP) is 7.03. The second kappa shape index (κ2) is 6.40. The van der Waals surface area contributed by atoms with E-state index >= 15 is 0 Å². The Kier molecular flexibility index (Phi) is 3.65. The van der Waals surface area contributed by atoms with Crippen molar-refractivity contribution in [3.63, 3.8) is 0 Å². The summed E-state index contributed by atoms with van der Waals surface area (Å²) in [5.74, 6) is -0.781. The summed E-state index contributed by atoms with van der Waals surface area (Å²) in [6, 6.07) is 27.4. The number of rotatable bonds is 1. The van der Waals surface area contributed by atoms with Crippen LogP contribution in [0.3, 0.4) is 0 Å². The molecule has 0 atom stereocenters. The van der Waals surface area contributed by atoms with Crippen molar-refractivity contribution in [3.8, 4) is 17.8 Å². The molecule has 0 saturated heterocycles. The second-order valence-electron chi connectivity index (χ2n) is 7.36. The summed E-state index contributed by atoms with van der Waals surface area (Å²) in [6.45, 7) is 0. The predicted molar refractivity (Wildman–Crippen MR) is 123 cm³/mol. The third-order valence-corrected chi connectivity index (χ3v) is 6.90. The van der Waals surface area contributed by atoms with Gasteiger partial charge in [-0.3, -0.25) is 0 Å². The first kappa shape index (κ1) is 17.7. The Morgan fingerprint density at radius 2 is 1.48 bits per heavy atom. The number of aromatic nitrogens is 1. The van der Waals surface area contributed by atoms with Crippen molar-refractivity contribution in [2.24, 2.45) is 0 Å². The molecule has 0 N–H and O–H groups in total. The minimum Gasteiger partial charge on any atom is -0.308 e. The summed E-state index contributed by atoms with van der Waals surface area (Å²) >= 11 is 1.71. The fourth-order valence-corrected chi connectivity index (χ4v) is 5.51. The number of nitrogens with zero attached hydrogens (tertiary/aromatic N) is 3. The summed E-state index contributed by atoms with van der Waals surface area (Å²) in [7, 11) is 0. The normalized spacial score (nSPS) is 11.3. The average Bonchev–Trinajstić information content (AvgIpc) is 3.32. The molecular formula is C26H12FN3S. The highest BCUT2D eigenvalue weighted by Gasteiger charge is 2.20. The van der Waals surface area contributed by atoms with Gasteiger partial charge in [-0.05, 0) is 36.4 Å². The summed E-state index contributed by atoms with van der Waals surface area (Å²) in [4.78, 5) is 0. The summed E-state index contributed by atoms with van der Waals surface area (Å²) in [6.07, 6.45) is 0. The van der Waals surface area contributed by atoms with E-state index in [1.165, 1.54) is 21.5 Å². The van der Waals surface area contributed by atoms with Crippen LogP contribution in [-0.4, -0.2) is 4.57 Å². The summed E-state index contributed by atoms with van der Waals surface area (Å²) in [5.41, 5.74) is 1.97. The van der Waals surface area contributed by atoms with Crippen molar-refractivity contribution < 1.29 is 4.39 Å². The molecule has 0 saturated carbocycles. The third kappa shape index (κ3) is 2.36. The standard InChI is InChI=1S/C26H12FN3S/c27-26-15(13-28)9-10-22(20(26)14-29)30-21-7-3-1-5-16(21)18-11-19-17-6-2-4-8-24(17)31-25(19)12-23(18)30/h1-12H. The Hall–Kier alpha value is -4.19. The lowest BCUT2D eigenvalue weighted by atomic mass is 10.1. The number of hydrogen-bond donors (Lipinski definition) is 0. The van der Waals surface area contributed by atoms with Crippen LogP contribution >= 0.6 is 11.3 Å². The van der Waals surface area contributed by atoms with Gasteiger partial charge in [-0.1, -0.05) is 36.4 Å². The Morgan fingerprint density at radius 3 is 2.29 bits per heavy atom. The number of para-hydroxylation sites is 1. The van der Waals surface area contributed by atoms with E-state index < -0.39 is 5.82 Å². The highest BCUT2D eigenvalue weighted by atomic mass is 32.1. The zero-order chi connectivity index (χ0) is 21.1. The van der Waals surface area contributed by atoms with E-state index in [1.807, 2.05) is 53.1 Å². The number of fused-ring (bicyclic) bond motifs is 6. The number of nitriles is 2. The van der Waals surface area contributed by atoms with E-state index in [1.54, 1.807) is 17.4 Å². The van der Waals surface area contributed by atoms with Gasteiger partial charge in [-0.2, -0.15) is 10.5 Å². The van der Waals surface area contributed by atoms with Gasteiger partial charge in [0.15, 0.2) is 5.82 Å². The van der Waals surface area contributed by atoms with Crippen LogP contribution in [0.25, 0.3) is 47.7 Å². The molecule has 2 aromatic heterocycles. The van der Waals surface area contributed by atoms with Crippen molar-refractivity contribution in [2.75, 3.05) is 0 Å². The highest BCUT2D eigenvalue weighted by Crippen LogP contribution is 2.41. The molecule has 0 unspecified atom stereocenters. The minimum absolute atomic E-state index is 0.127. The first-order valence-corrected chi connectivity index (χ1v) is 10.5. The van der Waals surface area contributed by atoms with Crippen LogP contribution in [0.1, 0.15) is 11.1 Å². The van der Waals surface area contributed by atoms with Crippen LogP contribution in [0.15, 0.2) is 72.8 Å². The summed E-state index contributed by atoms with van der Waals surface area (Å²) < 4.78 is 19.1. The van der Waals surface area contributed by atoms with Crippen molar-refractivity contribution in [2.45, 2.75) is 0 Å². The van der Waals surface area contributed by atoms with E-state index in [0.717, 1.165) is 26.5 Å². The van der Waals surface area contributed by atoms with Gasteiger partial charge in [0.1, 0.15) is 17.7 Å². The van der Waals surface area contributed by atoms with Crippen molar-refractivity contribution >= 4 is 53.3 Å². The largest absolute Gasteiger partial charge is 0.308 e. The summed E-state index contributed by atoms with van der Waals surface area (Å²) in [5, 5.41) is 23.4.